The fourth-order valence-corrected chi connectivity index (χ4v) is 2.36. The van der Waals surface area contributed by atoms with E-state index in [1.165, 1.54) is 17.2 Å². The van der Waals surface area contributed by atoms with Gasteiger partial charge in [-0.2, -0.15) is 0 Å². The van der Waals surface area contributed by atoms with Crippen molar-refractivity contribution in [2.24, 2.45) is 0 Å². The van der Waals surface area contributed by atoms with Crippen molar-refractivity contribution < 1.29 is 20.1 Å². The molecule has 8 heteroatoms. The SMILES string of the molecule is Cc1ncnc2c1ncn2[C@@]1(CO)OC[C@H](O)[C@@H]1O. The zero-order valence-electron chi connectivity index (χ0n) is 10.3. The third-order valence-electron chi connectivity index (χ3n) is 3.48. The van der Waals surface area contributed by atoms with Crippen molar-refractivity contribution in [3.63, 3.8) is 0 Å². The lowest BCUT2D eigenvalue weighted by molar-refractivity contribution is -0.149. The highest BCUT2D eigenvalue weighted by atomic mass is 16.6. The molecule has 1 aliphatic rings. The van der Waals surface area contributed by atoms with Gasteiger partial charge in [0.1, 0.15) is 24.1 Å². The van der Waals surface area contributed by atoms with Gasteiger partial charge in [0, 0.05) is 0 Å². The summed E-state index contributed by atoms with van der Waals surface area (Å²) in [6.07, 6.45) is 0.473. The van der Waals surface area contributed by atoms with E-state index in [2.05, 4.69) is 15.0 Å². The van der Waals surface area contributed by atoms with Crippen LogP contribution in [0.4, 0.5) is 0 Å². The maximum absolute atomic E-state index is 10.1. The maximum atomic E-state index is 10.1. The smallest absolute Gasteiger partial charge is 0.199 e. The summed E-state index contributed by atoms with van der Waals surface area (Å²) >= 11 is 0. The monoisotopic (exact) mass is 266 g/mol. The topological polar surface area (TPSA) is 114 Å². The molecule has 0 radical (unpaired) electrons. The number of nitrogens with zero attached hydrogens (tertiary/aromatic N) is 4. The highest BCUT2D eigenvalue weighted by molar-refractivity contribution is 5.73. The van der Waals surface area contributed by atoms with Gasteiger partial charge in [-0.05, 0) is 6.92 Å². The lowest BCUT2D eigenvalue weighted by atomic mass is 10.1. The largest absolute Gasteiger partial charge is 0.391 e. The molecule has 102 valence electrons. The maximum Gasteiger partial charge on any atom is 0.199 e. The molecule has 1 fully saturated rings. The highest BCUT2D eigenvalue weighted by Gasteiger charge is 2.51. The minimum absolute atomic E-state index is 0.0640. The van der Waals surface area contributed by atoms with E-state index in [1.807, 2.05) is 0 Å². The van der Waals surface area contributed by atoms with Crippen LogP contribution in [-0.2, 0) is 10.5 Å². The molecule has 2 aromatic heterocycles. The van der Waals surface area contributed by atoms with E-state index in [-0.39, 0.29) is 6.61 Å². The van der Waals surface area contributed by atoms with Crippen molar-refractivity contribution in [3.8, 4) is 0 Å². The Balaban J connectivity index is 2.20. The first-order valence-electron chi connectivity index (χ1n) is 5.86. The summed E-state index contributed by atoms with van der Waals surface area (Å²) in [6.45, 7) is 1.22. The highest BCUT2D eigenvalue weighted by Crippen LogP contribution is 2.33. The summed E-state index contributed by atoms with van der Waals surface area (Å²) in [7, 11) is 0. The average Bonchev–Trinajstić information content (AvgIpc) is 2.96. The van der Waals surface area contributed by atoms with Gasteiger partial charge in [-0.15, -0.1) is 0 Å². The first-order chi connectivity index (χ1) is 9.10. The van der Waals surface area contributed by atoms with E-state index >= 15 is 0 Å². The molecule has 0 unspecified atom stereocenters. The summed E-state index contributed by atoms with van der Waals surface area (Å²) in [6, 6.07) is 0. The lowest BCUT2D eigenvalue weighted by Gasteiger charge is -2.31. The number of aryl methyl sites for hydroxylation is 1. The van der Waals surface area contributed by atoms with Gasteiger partial charge in [-0.25, -0.2) is 15.0 Å². The molecular formula is C11H14N4O4. The van der Waals surface area contributed by atoms with Gasteiger partial charge in [0.15, 0.2) is 11.4 Å². The number of aliphatic hydroxyl groups excluding tert-OH is 3. The summed E-state index contributed by atoms with van der Waals surface area (Å²) in [4.78, 5) is 12.3. The predicted octanol–water partition coefficient (Wildman–Crippen LogP) is -1.47. The molecular weight excluding hydrogens is 252 g/mol. The van der Waals surface area contributed by atoms with Gasteiger partial charge in [0.25, 0.3) is 0 Å². The molecule has 0 amide bonds. The molecule has 0 bridgehead atoms. The van der Waals surface area contributed by atoms with Crippen LogP contribution in [0.15, 0.2) is 12.7 Å². The van der Waals surface area contributed by atoms with Crippen molar-refractivity contribution in [2.45, 2.75) is 24.9 Å². The zero-order valence-corrected chi connectivity index (χ0v) is 10.3. The second kappa shape index (κ2) is 4.20. The van der Waals surface area contributed by atoms with Crippen LogP contribution >= 0.6 is 0 Å². The quantitative estimate of drug-likeness (QED) is 0.608. The molecule has 3 rings (SSSR count). The summed E-state index contributed by atoms with van der Waals surface area (Å²) in [5.74, 6) is 0. The van der Waals surface area contributed by atoms with Gasteiger partial charge in [-0.3, -0.25) is 4.57 Å². The number of imidazole rings is 1. The van der Waals surface area contributed by atoms with Crippen molar-refractivity contribution in [3.05, 3.63) is 18.3 Å². The summed E-state index contributed by atoms with van der Waals surface area (Å²) in [5, 5.41) is 29.3. The number of fused-ring (bicyclic) bond motifs is 1. The molecule has 3 heterocycles. The van der Waals surface area contributed by atoms with Gasteiger partial charge in [0.05, 0.1) is 25.2 Å². The molecule has 8 nitrogen and oxygen atoms in total. The first kappa shape index (κ1) is 12.4. The van der Waals surface area contributed by atoms with Crippen LogP contribution in [0.5, 0.6) is 0 Å². The molecule has 0 saturated carbocycles. The van der Waals surface area contributed by atoms with Crippen LogP contribution in [0.3, 0.4) is 0 Å². The number of hydrogen-bond acceptors (Lipinski definition) is 7. The Hall–Kier alpha value is -1.61. The second-order valence-corrected chi connectivity index (χ2v) is 4.57. The Bertz CT molecular complexity index is 616. The standard InChI is InChI=1S/C11H14N4O4/c1-6-8-10(13-4-12-6)15(5-14-8)11(3-16)9(18)7(17)2-19-11/h4-5,7,9,16-18H,2-3H2,1H3/t7-,9-,11-/m0/s1. The molecule has 0 spiro atoms. The van der Waals surface area contributed by atoms with E-state index in [1.54, 1.807) is 6.92 Å². The fraction of sp³-hybridized carbons (Fsp3) is 0.545. The molecule has 1 aliphatic heterocycles. The molecule has 1 saturated heterocycles. The summed E-state index contributed by atoms with van der Waals surface area (Å²) in [5.41, 5.74) is 0.224. The van der Waals surface area contributed by atoms with Crippen molar-refractivity contribution in [2.75, 3.05) is 13.2 Å². The Morgan fingerprint density at radius 2 is 2.21 bits per heavy atom. The Morgan fingerprint density at radius 3 is 2.84 bits per heavy atom. The first-order valence-corrected chi connectivity index (χ1v) is 5.86. The van der Waals surface area contributed by atoms with E-state index < -0.39 is 24.5 Å². The van der Waals surface area contributed by atoms with E-state index in [4.69, 9.17) is 4.74 Å². The number of hydrogen-bond donors (Lipinski definition) is 3. The minimum Gasteiger partial charge on any atom is -0.391 e. The van der Waals surface area contributed by atoms with Crippen LogP contribution in [0.1, 0.15) is 5.69 Å². The third-order valence-corrected chi connectivity index (χ3v) is 3.48. The summed E-state index contributed by atoms with van der Waals surface area (Å²) < 4.78 is 6.86. The van der Waals surface area contributed by atoms with Crippen LogP contribution in [0.25, 0.3) is 11.2 Å². The normalized spacial score (nSPS) is 31.2. The lowest BCUT2D eigenvalue weighted by Crippen LogP contribution is -2.48. The third kappa shape index (κ3) is 1.58. The van der Waals surface area contributed by atoms with Crippen LogP contribution in [-0.4, -0.2) is 60.3 Å². The van der Waals surface area contributed by atoms with Crippen LogP contribution in [0, 0.1) is 6.92 Å². The zero-order chi connectivity index (χ0) is 13.6. The molecule has 3 atom stereocenters. The van der Waals surface area contributed by atoms with Gasteiger partial charge in [0.2, 0.25) is 0 Å². The van der Waals surface area contributed by atoms with Crippen molar-refractivity contribution in [1.29, 1.82) is 0 Å². The second-order valence-electron chi connectivity index (χ2n) is 4.57. The van der Waals surface area contributed by atoms with Crippen LogP contribution in [0.2, 0.25) is 0 Å². The number of rotatable bonds is 2. The van der Waals surface area contributed by atoms with Gasteiger partial charge < -0.3 is 20.1 Å². The molecule has 2 aromatic rings. The number of ether oxygens (including phenoxy) is 1. The van der Waals surface area contributed by atoms with Crippen molar-refractivity contribution in [1.82, 2.24) is 19.5 Å². The van der Waals surface area contributed by atoms with E-state index in [0.29, 0.717) is 16.9 Å². The van der Waals surface area contributed by atoms with Gasteiger partial charge in [-0.1, -0.05) is 0 Å². The molecule has 0 aliphatic carbocycles. The molecule has 0 aromatic carbocycles. The van der Waals surface area contributed by atoms with E-state index in [9.17, 15) is 15.3 Å². The Morgan fingerprint density at radius 1 is 1.42 bits per heavy atom. The fourth-order valence-electron chi connectivity index (χ4n) is 2.36. The van der Waals surface area contributed by atoms with Crippen LogP contribution < -0.4 is 0 Å². The van der Waals surface area contributed by atoms with Gasteiger partial charge >= 0.3 is 0 Å². The van der Waals surface area contributed by atoms with Crippen molar-refractivity contribution >= 4 is 11.2 Å². The minimum atomic E-state index is -1.46. The Labute approximate surface area is 108 Å². The van der Waals surface area contributed by atoms with E-state index in [0.717, 1.165) is 0 Å². The average molecular weight is 266 g/mol. The number of aromatic nitrogens is 4. The predicted molar refractivity (Wildman–Crippen MR) is 63.1 cm³/mol. The molecule has 3 N–H and O–H groups in total. The Kier molecular flexibility index (Phi) is 2.75. The number of aliphatic hydroxyl groups is 3. The molecule has 19 heavy (non-hydrogen) atoms.